The average Bonchev–Trinajstić information content (AvgIpc) is 2.69. The van der Waals surface area contributed by atoms with E-state index in [-0.39, 0.29) is 6.42 Å². The maximum Gasteiger partial charge on any atom is 0.0916 e. The van der Waals surface area contributed by atoms with Crippen LogP contribution in [-0.4, -0.2) is 38.3 Å². The monoisotopic (exact) mass is 457 g/mol. The molecule has 180 valence electrons. The van der Waals surface area contributed by atoms with Crippen LogP contribution in [-0.2, 0) is 14.9 Å². The first kappa shape index (κ1) is 33.6. The molecule has 0 saturated heterocycles. The molecular weight excluding hydrogens is 416 g/mol. The van der Waals surface area contributed by atoms with Gasteiger partial charge in [0.25, 0.3) is 0 Å². The van der Waals surface area contributed by atoms with E-state index >= 15 is 0 Å². The van der Waals surface area contributed by atoms with E-state index in [1.165, 1.54) is 0 Å². The molecule has 0 rings (SSSR count). The Kier molecular flexibility index (Phi) is 30.4. The third kappa shape index (κ3) is 58.4. The second kappa shape index (κ2) is 28.0. The highest BCUT2D eigenvalue weighted by Crippen LogP contribution is 1.98. The molecule has 0 aliphatic rings. The van der Waals surface area contributed by atoms with Crippen molar-refractivity contribution in [2.75, 3.05) is 19.3 Å². The summed E-state index contributed by atoms with van der Waals surface area (Å²) in [6, 6.07) is 0. The number of nitrogens with two attached hydrogens (primary N) is 1. The van der Waals surface area contributed by atoms with Gasteiger partial charge in [0.15, 0.2) is 0 Å². The number of carboxylic acids is 1. The van der Waals surface area contributed by atoms with Gasteiger partial charge in [0.05, 0.1) is 16.7 Å². The zero-order valence-electron chi connectivity index (χ0n) is 19.1. The van der Waals surface area contributed by atoms with Gasteiger partial charge in [-0.05, 0) is 51.4 Å². The molecule has 7 nitrogen and oxygen atoms in total. The summed E-state index contributed by atoms with van der Waals surface area (Å²) in [5.74, 6) is -0.965. The normalized spacial score (nSPS) is 11.9. The fourth-order valence-corrected chi connectivity index (χ4v) is 1.73. The van der Waals surface area contributed by atoms with Gasteiger partial charge in [0, 0.05) is 18.8 Å². The number of aliphatic carboxylic acids is 1. The smallest absolute Gasteiger partial charge is 0.0916 e. The standard InChI is InChI=1S/C20H30O2.C2H8N2.CH4O3S/c1-2-3-4-5-6-7-8-9-10-11-12-13-14-15-16-17-18-19-20(21)22;3-1-2-4;1-5(2,3)4/h3-4,6-7,9-10,12-13,15-16H,2,5,8,11,14,17-19H2,1H3,(H,21,22);1-4H2;1H3,(H,2,3,4)/p-1/b4-3-,7-6-,10-9-,13-12-,16-15-;;. The molecule has 0 spiro atoms. The fraction of sp³-hybridized carbons (Fsp3) is 0.522. The van der Waals surface area contributed by atoms with E-state index in [4.69, 9.17) is 18.7 Å². The van der Waals surface area contributed by atoms with E-state index in [9.17, 15) is 9.90 Å². The number of carbonyl (C=O) groups excluding carboxylic acids is 1. The molecular formula is C23H41N2O5S-. The summed E-state index contributed by atoms with van der Waals surface area (Å²) in [5, 5.41) is 10.2. The van der Waals surface area contributed by atoms with Crippen molar-refractivity contribution in [3.8, 4) is 0 Å². The summed E-state index contributed by atoms with van der Waals surface area (Å²) >= 11 is 0. The van der Waals surface area contributed by atoms with Crippen LogP contribution >= 0.6 is 0 Å². The van der Waals surface area contributed by atoms with Crippen LogP contribution in [0.25, 0.3) is 0 Å². The van der Waals surface area contributed by atoms with Crippen molar-refractivity contribution in [1.29, 1.82) is 0 Å². The van der Waals surface area contributed by atoms with E-state index in [1.54, 1.807) is 0 Å². The van der Waals surface area contributed by atoms with E-state index in [1.807, 2.05) is 6.08 Å². The van der Waals surface area contributed by atoms with E-state index in [0.717, 1.165) is 45.1 Å². The zero-order chi connectivity index (χ0) is 24.2. The van der Waals surface area contributed by atoms with E-state index in [2.05, 4.69) is 67.3 Å². The number of carboxylic acid groups (broad SMARTS) is 1. The van der Waals surface area contributed by atoms with Gasteiger partial charge < -0.3 is 25.9 Å². The molecule has 0 heterocycles. The number of unbranched alkanes of at least 4 members (excludes halogenated alkanes) is 1. The molecule has 0 bridgehead atoms. The molecule has 0 radical (unpaired) electrons. The molecule has 0 aromatic heterocycles. The van der Waals surface area contributed by atoms with Crippen molar-refractivity contribution in [2.24, 2.45) is 5.73 Å². The summed E-state index contributed by atoms with van der Waals surface area (Å²) in [5.41, 5.74) is 8.44. The summed E-state index contributed by atoms with van der Waals surface area (Å²) < 4.78 is 27.2. The van der Waals surface area contributed by atoms with Gasteiger partial charge in [-0.25, -0.2) is 8.42 Å². The summed E-state index contributed by atoms with van der Waals surface area (Å²) in [6.45, 7) is 3.70. The first-order valence-electron chi connectivity index (χ1n) is 10.5. The summed E-state index contributed by atoms with van der Waals surface area (Å²) in [4.78, 5) is 10.2. The molecule has 8 heteroatoms. The highest BCUT2D eigenvalue weighted by atomic mass is 32.2. The number of allylic oxidation sites excluding steroid dienone is 10. The minimum atomic E-state index is -3.92. The topological polar surface area (TPSA) is 151 Å². The molecule has 0 aliphatic carbocycles. The third-order valence-corrected chi connectivity index (χ3v) is 3.11. The third-order valence-electron chi connectivity index (χ3n) is 3.11. The predicted molar refractivity (Wildman–Crippen MR) is 126 cm³/mol. The van der Waals surface area contributed by atoms with Gasteiger partial charge in [0.2, 0.25) is 0 Å². The van der Waals surface area contributed by atoms with Crippen LogP contribution in [0.2, 0.25) is 0 Å². The number of carbonyl (C=O) groups is 1. The SMILES string of the molecule is CC/C=C\C/C=C\C/C=C\C/C=C\C/C=C\CCCC(=O)[O-].CS(=O)(=O)[O-].NCC[NH3+]. The van der Waals surface area contributed by atoms with Crippen LogP contribution < -0.4 is 16.6 Å². The van der Waals surface area contributed by atoms with Gasteiger partial charge in [0.1, 0.15) is 0 Å². The molecule has 31 heavy (non-hydrogen) atoms. The van der Waals surface area contributed by atoms with Gasteiger partial charge in [-0.2, -0.15) is 0 Å². The van der Waals surface area contributed by atoms with Crippen molar-refractivity contribution in [3.63, 3.8) is 0 Å². The fourth-order valence-electron chi connectivity index (χ4n) is 1.73. The maximum atomic E-state index is 10.2. The van der Waals surface area contributed by atoms with Gasteiger partial charge >= 0.3 is 0 Å². The second-order valence-electron chi connectivity index (χ2n) is 6.32. The van der Waals surface area contributed by atoms with Crippen molar-refractivity contribution in [3.05, 3.63) is 60.8 Å². The van der Waals surface area contributed by atoms with Crippen molar-refractivity contribution < 1.29 is 28.6 Å². The molecule has 0 unspecified atom stereocenters. The lowest BCUT2D eigenvalue weighted by Crippen LogP contribution is -2.53. The van der Waals surface area contributed by atoms with E-state index < -0.39 is 16.1 Å². The van der Waals surface area contributed by atoms with Gasteiger partial charge in [-0.3, -0.25) is 0 Å². The number of rotatable bonds is 14. The summed E-state index contributed by atoms with van der Waals surface area (Å²) in [6.07, 6.45) is 28.7. The van der Waals surface area contributed by atoms with Crippen LogP contribution in [0.15, 0.2) is 60.8 Å². The Balaban J connectivity index is -0.000000728. The predicted octanol–water partition coefficient (Wildman–Crippen LogP) is 2.01. The Labute approximate surface area is 189 Å². The van der Waals surface area contributed by atoms with Crippen LogP contribution in [0.3, 0.4) is 0 Å². The largest absolute Gasteiger partial charge is 0.748 e. The molecule has 5 N–H and O–H groups in total. The molecule has 0 amide bonds. The molecule has 0 aromatic carbocycles. The first-order chi connectivity index (χ1) is 14.7. The van der Waals surface area contributed by atoms with Crippen molar-refractivity contribution >= 4 is 16.1 Å². The number of hydrogen-bond acceptors (Lipinski definition) is 6. The van der Waals surface area contributed by atoms with Gasteiger partial charge in [-0.15, -0.1) is 0 Å². The Morgan fingerprint density at radius 2 is 1.19 bits per heavy atom. The highest BCUT2D eigenvalue weighted by molar-refractivity contribution is 7.84. The Morgan fingerprint density at radius 1 is 0.871 bits per heavy atom. The lowest BCUT2D eigenvalue weighted by atomic mass is 10.2. The first-order valence-corrected chi connectivity index (χ1v) is 12.4. The van der Waals surface area contributed by atoms with Crippen LogP contribution in [0.4, 0.5) is 0 Å². The maximum absolute atomic E-state index is 10.2. The minimum Gasteiger partial charge on any atom is -0.748 e. The molecule has 0 atom stereocenters. The molecule has 0 aromatic rings. The highest BCUT2D eigenvalue weighted by Gasteiger charge is 1.84. The van der Waals surface area contributed by atoms with Crippen LogP contribution in [0, 0.1) is 0 Å². The van der Waals surface area contributed by atoms with Crippen LogP contribution in [0.1, 0.15) is 58.3 Å². The van der Waals surface area contributed by atoms with Crippen molar-refractivity contribution in [2.45, 2.75) is 58.3 Å². The Bertz CT molecular complexity index is 626. The quantitative estimate of drug-likeness (QED) is 0.231. The zero-order valence-corrected chi connectivity index (χ0v) is 19.9. The van der Waals surface area contributed by atoms with Crippen molar-refractivity contribution in [1.82, 2.24) is 0 Å². The second-order valence-corrected chi connectivity index (χ2v) is 7.73. The average molecular weight is 458 g/mol. The van der Waals surface area contributed by atoms with Crippen LogP contribution in [0.5, 0.6) is 0 Å². The number of quaternary nitrogens is 1. The molecule has 0 aliphatic heterocycles. The lowest BCUT2D eigenvalue weighted by Gasteiger charge is -1.97. The Hall–Kier alpha value is -2.00. The molecule has 0 fully saturated rings. The lowest BCUT2D eigenvalue weighted by molar-refractivity contribution is -0.363. The van der Waals surface area contributed by atoms with Gasteiger partial charge in [-0.1, -0.05) is 67.7 Å². The summed E-state index contributed by atoms with van der Waals surface area (Å²) in [7, 11) is -3.92. The minimum absolute atomic E-state index is 0.147. The number of hydrogen-bond donors (Lipinski definition) is 2. The molecule has 0 saturated carbocycles. The van der Waals surface area contributed by atoms with E-state index in [0.29, 0.717) is 19.2 Å². The Morgan fingerprint density at radius 3 is 1.48 bits per heavy atom.